The highest BCUT2D eigenvalue weighted by atomic mass is 19.4. The van der Waals surface area contributed by atoms with E-state index in [1.54, 1.807) is 0 Å². The number of benzene rings is 2. The summed E-state index contributed by atoms with van der Waals surface area (Å²) in [5, 5.41) is 2.49. The third-order valence-corrected chi connectivity index (χ3v) is 6.32. The highest BCUT2D eigenvalue weighted by Gasteiger charge is 2.46. The summed E-state index contributed by atoms with van der Waals surface area (Å²) in [5.41, 5.74) is -4.47. The molecule has 1 atom stereocenters. The second-order valence-electron chi connectivity index (χ2n) is 8.84. The minimum absolute atomic E-state index is 0.0137. The summed E-state index contributed by atoms with van der Waals surface area (Å²) in [5.74, 6) is -4.20. The van der Waals surface area contributed by atoms with Gasteiger partial charge in [-0.25, -0.2) is 13.2 Å². The van der Waals surface area contributed by atoms with Gasteiger partial charge < -0.3 is 5.32 Å². The standard InChI is InChI=1S/C24H23F9N2O/c1-21(16-2-4-19(25)5-3-16,35-10-7-22(26,27)8-11-35)20(36)34-9-6-15-12-17(23(28,29)30)14-18(13-15)24(31,32)33/h2-5,12-14H,6-11H2,1H3,(H,34,36). The summed E-state index contributed by atoms with van der Waals surface area (Å²) >= 11 is 0. The molecule has 0 bridgehead atoms. The molecule has 1 N–H and O–H groups in total. The fourth-order valence-corrected chi connectivity index (χ4v) is 4.17. The fraction of sp³-hybridized carbons (Fsp3) is 0.458. The number of nitrogens with zero attached hydrogens (tertiary/aromatic N) is 1. The first-order chi connectivity index (χ1) is 16.5. The van der Waals surface area contributed by atoms with Crippen molar-refractivity contribution in [3.63, 3.8) is 0 Å². The fourth-order valence-electron chi connectivity index (χ4n) is 4.17. The van der Waals surface area contributed by atoms with E-state index >= 15 is 0 Å². The van der Waals surface area contributed by atoms with E-state index in [2.05, 4.69) is 5.32 Å². The van der Waals surface area contributed by atoms with Gasteiger partial charge in [0.05, 0.1) is 11.1 Å². The number of piperidine rings is 1. The van der Waals surface area contributed by atoms with Crippen molar-refractivity contribution >= 4 is 5.91 Å². The van der Waals surface area contributed by atoms with Crippen LogP contribution < -0.4 is 5.32 Å². The smallest absolute Gasteiger partial charge is 0.354 e. The molecule has 12 heteroatoms. The van der Waals surface area contributed by atoms with Gasteiger partial charge in [0, 0.05) is 32.5 Å². The zero-order chi connectivity index (χ0) is 26.9. The Balaban J connectivity index is 1.82. The van der Waals surface area contributed by atoms with Gasteiger partial charge in [0.1, 0.15) is 11.4 Å². The molecule has 1 aliphatic heterocycles. The van der Waals surface area contributed by atoms with Crippen LogP contribution in [-0.2, 0) is 29.1 Å². The number of hydrogen-bond acceptors (Lipinski definition) is 2. The molecule has 0 radical (unpaired) electrons. The van der Waals surface area contributed by atoms with Gasteiger partial charge in [0.15, 0.2) is 0 Å². The van der Waals surface area contributed by atoms with Crippen LogP contribution >= 0.6 is 0 Å². The summed E-state index contributed by atoms with van der Waals surface area (Å²) < 4.78 is 119. The molecule has 1 saturated heterocycles. The van der Waals surface area contributed by atoms with Crippen molar-refractivity contribution in [3.05, 3.63) is 70.5 Å². The quantitative estimate of drug-likeness (QED) is 0.457. The van der Waals surface area contributed by atoms with Crippen LogP contribution in [0.25, 0.3) is 0 Å². The molecule has 198 valence electrons. The molecule has 0 spiro atoms. The molecule has 1 amide bonds. The maximum Gasteiger partial charge on any atom is 0.416 e. The van der Waals surface area contributed by atoms with E-state index in [9.17, 15) is 44.3 Å². The van der Waals surface area contributed by atoms with Gasteiger partial charge >= 0.3 is 12.4 Å². The van der Waals surface area contributed by atoms with E-state index in [1.807, 2.05) is 0 Å². The Hall–Kier alpha value is -2.76. The number of hydrogen-bond donors (Lipinski definition) is 1. The van der Waals surface area contributed by atoms with Crippen molar-refractivity contribution in [2.75, 3.05) is 19.6 Å². The van der Waals surface area contributed by atoms with E-state index < -0.39 is 59.5 Å². The summed E-state index contributed by atoms with van der Waals surface area (Å²) in [6.07, 6.45) is -11.4. The largest absolute Gasteiger partial charge is 0.416 e. The molecule has 1 heterocycles. The highest BCUT2D eigenvalue weighted by molar-refractivity contribution is 5.87. The van der Waals surface area contributed by atoms with Crippen molar-refractivity contribution in [2.45, 2.75) is 50.0 Å². The lowest BCUT2D eigenvalue weighted by Gasteiger charge is -2.44. The number of halogens is 9. The second kappa shape index (κ2) is 9.95. The van der Waals surface area contributed by atoms with Crippen molar-refractivity contribution in [2.24, 2.45) is 0 Å². The Morgan fingerprint density at radius 1 is 0.889 bits per heavy atom. The van der Waals surface area contributed by atoms with Crippen LogP contribution in [0.4, 0.5) is 39.5 Å². The van der Waals surface area contributed by atoms with E-state index in [4.69, 9.17) is 0 Å². The summed E-state index contributed by atoms with van der Waals surface area (Å²) in [6.45, 7) is 0.816. The summed E-state index contributed by atoms with van der Waals surface area (Å²) in [4.78, 5) is 14.8. The summed E-state index contributed by atoms with van der Waals surface area (Å²) in [6, 6.07) is 6.01. The Morgan fingerprint density at radius 2 is 1.39 bits per heavy atom. The average Bonchev–Trinajstić information content (AvgIpc) is 2.77. The van der Waals surface area contributed by atoms with Gasteiger partial charge in [0.2, 0.25) is 5.91 Å². The van der Waals surface area contributed by atoms with Gasteiger partial charge in [-0.3, -0.25) is 9.69 Å². The predicted molar refractivity (Wildman–Crippen MR) is 113 cm³/mol. The molecule has 1 unspecified atom stereocenters. The number of amides is 1. The summed E-state index contributed by atoms with van der Waals surface area (Å²) in [7, 11) is 0. The first-order valence-corrected chi connectivity index (χ1v) is 11.0. The van der Waals surface area contributed by atoms with Gasteiger partial charge in [-0.15, -0.1) is 0 Å². The predicted octanol–water partition coefficient (Wildman–Crippen LogP) is 6.17. The van der Waals surface area contributed by atoms with Gasteiger partial charge in [-0.2, -0.15) is 26.3 Å². The van der Waals surface area contributed by atoms with Crippen LogP contribution in [0.5, 0.6) is 0 Å². The lowest BCUT2D eigenvalue weighted by atomic mass is 9.86. The van der Waals surface area contributed by atoms with Crippen molar-refractivity contribution in [1.29, 1.82) is 0 Å². The molecule has 3 nitrogen and oxygen atoms in total. The molecule has 36 heavy (non-hydrogen) atoms. The van der Waals surface area contributed by atoms with Crippen LogP contribution in [0.3, 0.4) is 0 Å². The lowest BCUT2D eigenvalue weighted by Crippen LogP contribution is -2.58. The monoisotopic (exact) mass is 526 g/mol. The molecule has 0 aliphatic carbocycles. The number of alkyl halides is 8. The molecular weight excluding hydrogens is 503 g/mol. The molecule has 2 aromatic rings. The molecular formula is C24H23F9N2O. The first-order valence-electron chi connectivity index (χ1n) is 11.0. The Morgan fingerprint density at radius 3 is 1.86 bits per heavy atom. The van der Waals surface area contributed by atoms with Crippen LogP contribution in [-0.4, -0.2) is 36.4 Å². The number of nitrogens with one attached hydrogen (secondary N) is 1. The first kappa shape index (κ1) is 27.8. The van der Waals surface area contributed by atoms with Crippen LogP contribution in [0, 0.1) is 5.82 Å². The number of carbonyl (C=O) groups is 1. The van der Waals surface area contributed by atoms with Crippen molar-refractivity contribution in [3.8, 4) is 0 Å². The Bertz CT molecular complexity index is 1040. The number of rotatable bonds is 6. The normalized spacial score (nSPS) is 18.5. The van der Waals surface area contributed by atoms with E-state index in [0.29, 0.717) is 17.7 Å². The molecule has 1 aliphatic rings. The van der Waals surface area contributed by atoms with Crippen LogP contribution in [0.2, 0.25) is 0 Å². The molecule has 2 aromatic carbocycles. The maximum absolute atomic E-state index is 13.7. The SMILES string of the molecule is CC(C(=O)NCCc1cc(C(F)(F)F)cc(C(F)(F)F)c1)(c1ccc(F)cc1)N1CCC(F)(F)CC1. The topological polar surface area (TPSA) is 32.3 Å². The lowest BCUT2D eigenvalue weighted by molar-refractivity contribution is -0.143. The number of carbonyl (C=O) groups excluding carboxylic acids is 1. The molecule has 3 rings (SSSR count). The third-order valence-electron chi connectivity index (χ3n) is 6.32. The van der Waals surface area contributed by atoms with E-state index in [1.165, 1.54) is 24.0 Å². The second-order valence-corrected chi connectivity index (χ2v) is 8.84. The number of likely N-dealkylation sites (tertiary alicyclic amines) is 1. The highest BCUT2D eigenvalue weighted by Crippen LogP contribution is 2.38. The maximum atomic E-state index is 13.7. The molecule has 0 aromatic heterocycles. The minimum Gasteiger partial charge on any atom is -0.354 e. The van der Waals surface area contributed by atoms with Gasteiger partial charge in [-0.1, -0.05) is 12.1 Å². The van der Waals surface area contributed by atoms with Crippen LogP contribution in [0.15, 0.2) is 42.5 Å². The van der Waals surface area contributed by atoms with Gasteiger partial charge in [-0.05, 0) is 54.8 Å². The zero-order valence-electron chi connectivity index (χ0n) is 19.0. The molecule has 0 saturated carbocycles. The van der Waals surface area contributed by atoms with Gasteiger partial charge in [0.25, 0.3) is 5.92 Å². The van der Waals surface area contributed by atoms with Crippen molar-refractivity contribution in [1.82, 2.24) is 10.2 Å². The third kappa shape index (κ3) is 6.32. The zero-order valence-corrected chi connectivity index (χ0v) is 19.0. The average molecular weight is 526 g/mol. The Labute approximate surface area is 201 Å². The van der Waals surface area contributed by atoms with Crippen molar-refractivity contribution < 1.29 is 44.3 Å². The Kier molecular flexibility index (Phi) is 7.69. The van der Waals surface area contributed by atoms with E-state index in [-0.39, 0.29) is 37.7 Å². The molecule has 1 fully saturated rings. The minimum atomic E-state index is -5.00. The van der Waals surface area contributed by atoms with E-state index in [0.717, 1.165) is 12.1 Å². The van der Waals surface area contributed by atoms with Crippen LogP contribution in [0.1, 0.15) is 42.0 Å².